The Kier molecular flexibility index (Phi) is 6.03. The second kappa shape index (κ2) is 8.83. The summed E-state index contributed by atoms with van der Waals surface area (Å²) in [6.45, 7) is 2.03. The second-order valence-electron chi connectivity index (χ2n) is 6.14. The molecule has 1 atom stereocenters. The van der Waals surface area contributed by atoms with Crippen LogP contribution in [0.15, 0.2) is 65.5 Å². The van der Waals surface area contributed by atoms with Crippen molar-refractivity contribution in [3.63, 3.8) is 0 Å². The van der Waals surface area contributed by atoms with E-state index in [4.69, 9.17) is 4.74 Å². The first-order chi connectivity index (χ1) is 14.0. The van der Waals surface area contributed by atoms with E-state index in [1.807, 2.05) is 0 Å². The molecule has 29 heavy (non-hydrogen) atoms. The van der Waals surface area contributed by atoms with E-state index in [9.17, 15) is 19.2 Å². The van der Waals surface area contributed by atoms with Gasteiger partial charge in [-0.1, -0.05) is 42.5 Å². The van der Waals surface area contributed by atoms with Crippen molar-refractivity contribution in [3.05, 3.63) is 82.1 Å². The Bertz CT molecular complexity index is 1110. The number of para-hydroxylation sites is 1. The molecule has 1 heterocycles. The summed E-state index contributed by atoms with van der Waals surface area (Å²) in [4.78, 5) is 52.0. The molecule has 3 N–H and O–H groups in total. The standard InChI is InChI=1S/C21H19N3O5/c1-2-22-21(28)24-19(26)18(13-8-4-3-5-9-13)29-20(27)16-12-17(25)14-10-6-7-11-15(14)23-16/h3-12,18H,2H2,1H3,(H,23,25)(H2,22,24,26,28)/t18-/m0/s1. The second-order valence-corrected chi connectivity index (χ2v) is 6.14. The topological polar surface area (TPSA) is 117 Å². The number of aromatic amines is 1. The molecular weight excluding hydrogens is 374 g/mol. The highest BCUT2D eigenvalue weighted by Crippen LogP contribution is 2.19. The molecule has 0 radical (unpaired) electrons. The number of imide groups is 1. The minimum atomic E-state index is -1.37. The van der Waals surface area contributed by atoms with E-state index in [2.05, 4.69) is 15.6 Å². The summed E-state index contributed by atoms with van der Waals surface area (Å²) in [5.74, 6) is -1.70. The quantitative estimate of drug-likeness (QED) is 0.575. The number of hydrogen-bond acceptors (Lipinski definition) is 5. The van der Waals surface area contributed by atoms with Gasteiger partial charge in [0.15, 0.2) is 5.43 Å². The van der Waals surface area contributed by atoms with Crippen molar-refractivity contribution in [2.24, 2.45) is 0 Å². The van der Waals surface area contributed by atoms with E-state index >= 15 is 0 Å². The zero-order valence-corrected chi connectivity index (χ0v) is 15.6. The van der Waals surface area contributed by atoms with Crippen LogP contribution in [0, 0.1) is 0 Å². The molecule has 0 spiro atoms. The van der Waals surface area contributed by atoms with E-state index in [1.54, 1.807) is 61.5 Å². The Labute approximate surface area is 165 Å². The van der Waals surface area contributed by atoms with Crippen LogP contribution in [0.25, 0.3) is 10.9 Å². The Morgan fingerprint density at radius 1 is 1.03 bits per heavy atom. The lowest BCUT2D eigenvalue weighted by Crippen LogP contribution is -2.42. The zero-order valence-electron chi connectivity index (χ0n) is 15.6. The maximum atomic E-state index is 12.7. The number of H-pyrrole nitrogens is 1. The average molecular weight is 393 g/mol. The Balaban J connectivity index is 1.89. The summed E-state index contributed by atoms with van der Waals surface area (Å²) in [5, 5.41) is 5.00. The molecule has 0 aliphatic heterocycles. The van der Waals surface area contributed by atoms with Gasteiger partial charge in [-0.25, -0.2) is 9.59 Å². The van der Waals surface area contributed by atoms with Crippen molar-refractivity contribution < 1.29 is 19.1 Å². The smallest absolute Gasteiger partial charge is 0.356 e. The van der Waals surface area contributed by atoms with Crippen molar-refractivity contribution in [3.8, 4) is 0 Å². The van der Waals surface area contributed by atoms with Crippen LogP contribution in [-0.4, -0.2) is 29.4 Å². The Hall–Kier alpha value is -3.94. The number of urea groups is 1. The van der Waals surface area contributed by atoms with Gasteiger partial charge in [0.1, 0.15) is 5.69 Å². The predicted octanol–water partition coefficient (Wildman–Crippen LogP) is 2.27. The first kappa shape index (κ1) is 19.8. The molecule has 1 aromatic heterocycles. The molecule has 148 valence electrons. The lowest BCUT2D eigenvalue weighted by Gasteiger charge is -2.17. The van der Waals surface area contributed by atoms with E-state index in [0.717, 1.165) is 6.07 Å². The van der Waals surface area contributed by atoms with Crippen LogP contribution < -0.4 is 16.1 Å². The van der Waals surface area contributed by atoms with Crippen molar-refractivity contribution in [2.45, 2.75) is 13.0 Å². The van der Waals surface area contributed by atoms with Gasteiger partial charge in [0.2, 0.25) is 6.10 Å². The van der Waals surface area contributed by atoms with Gasteiger partial charge >= 0.3 is 12.0 Å². The summed E-state index contributed by atoms with van der Waals surface area (Å²) in [6, 6.07) is 15.4. The fraction of sp³-hybridized carbons (Fsp3) is 0.143. The molecular formula is C21H19N3O5. The van der Waals surface area contributed by atoms with E-state index in [1.165, 1.54) is 0 Å². The molecule has 8 heteroatoms. The van der Waals surface area contributed by atoms with Crippen LogP contribution in [0.3, 0.4) is 0 Å². The number of hydrogen-bond donors (Lipinski definition) is 3. The maximum Gasteiger partial charge on any atom is 0.356 e. The van der Waals surface area contributed by atoms with E-state index in [0.29, 0.717) is 23.0 Å². The number of carbonyl (C=O) groups excluding carboxylic acids is 3. The predicted molar refractivity (Wildman–Crippen MR) is 106 cm³/mol. The first-order valence-electron chi connectivity index (χ1n) is 8.96. The van der Waals surface area contributed by atoms with Crippen molar-refractivity contribution in [2.75, 3.05) is 6.54 Å². The summed E-state index contributed by atoms with van der Waals surface area (Å²) in [7, 11) is 0. The summed E-state index contributed by atoms with van der Waals surface area (Å²) in [5.41, 5.74) is 0.399. The lowest BCUT2D eigenvalue weighted by atomic mass is 10.1. The van der Waals surface area contributed by atoms with Crippen LogP contribution in [0.2, 0.25) is 0 Å². The van der Waals surface area contributed by atoms with Crippen molar-refractivity contribution in [1.29, 1.82) is 0 Å². The number of rotatable bonds is 5. The molecule has 2 aromatic carbocycles. The zero-order chi connectivity index (χ0) is 20.8. The third-order valence-electron chi connectivity index (χ3n) is 4.10. The van der Waals surface area contributed by atoms with Gasteiger partial charge in [-0.3, -0.25) is 14.9 Å². The van der Waals surface area contributed by atoms with Crippen LogP contribution >= 0.6 is 0 Å². The number of ether oxygens (including phenoxy) is 1. The summed E-state index contributed by atoms with van der Waals surface area (Å²) < 4.78 is 5.37. The number of aromatic nitrogens is 1. The third kappa shape index (κ3) is 4.67. The largest absolute Gasteiger partial charge is 0.443 e. The van der Waals surface area contributed by atoms with Crippen LogP contribution in [0.4, 0.5) is 4.79 Å². The van der Waals surface area contributed by atoms with Gasteiger partial charge in [0.25, 0.3) is 5.91 Å². The highest BCUT2D eigenvalue weighted by molar-refractivity contribution is 5.99. The fourth-order valence-corrected chi connectivity index (χ4v) is 2.76. The van der Waals surface area contributed by atoms with Crippen LogP contribution in [0.5, 0.6) is 0 Å². The molecule has 0 aliphatic rings. The number of fused-ring (bicyclic) bond motifs is 1. The summed E-state index contributed by atoms with van der Waals surface area (Å²) >= 11 is 0. The molecule has 3 aromatic rings. The maximum absolute atomic E-state index is 12.7. The molecule has 0 saturated carbocycles. The highest BCUT2D eigenvalue weighted by atomic mass is 16.5. The van der Waals surface area contributed by atoms with Gasteiger partial charge in [-0.2, -0.15) is 0 Å². The van der Waals surface area contributed by atoms with Gasteiger partial charge < -0.3 is 15.0 Å². The molecule has 0 unspecified atom stereocenters. The van der Waals surface area contributed by atoms with Crippen LogP contribution in [-0.2, 0) is 9.53 Å². The molecule has 0 saturated heterocycles. The first-order valence-corrected chi connectivity index (χ1v) is 8.96. The van der Waals surface area contributed by atoms with Crippen molar-refractivity contribution in [1.82, 2.24) is 15.6 Å². The molecule has 8 nitrogen and oxygen atoms in total. The van der Waals surface area contributed by atoms with Gasteiger partial charge in [-0.05, 0) is 19.1 Å². The number of amides is 3. The Morgan fingerprint density at radius 2 is 1.72 bits per heavy atom. The number of pyridine rings is 1. The number of esters is 1. The van der Waals surface area contributed by atoms with Crippen molar-refractivity contribution >= 4 is 28.8 Å². The molecule has 0 fully saturated rings. The fourth-order valence-electron chi connectivity index (χ4n) is 2.76. The highest BCUT2D eigenvalue weighted by Gasteiger charge is 2.27. The van der Waals surface area contributed by atoms with E-state index < -0.39 is 24.0 Å². The summed E-state index contributed by atoms with van der Waals surface area (Å²) in [6.07, 6.45) is -1.37. The molecule has 0 aliphatic carbocycles. The number of carbonyl (C=O) groups is 3. The van der Waals surface area contributed by atoms with Gasteiger partial charge in [0, 0.05) is 29.1 Å². The van der Waals surface area contributed by atoms with E-state index in [-0.39, 0.29) is 11.1 Å². The lowest BCUT2D eigenvalue weighted by molar-refractivity contribution is -0.129. The minimum absolute atomic E-state index is 0.0968. The molecule has 3 rings (SSSR count). The van der Waals surface area contributed by atoms with Gasteiger partial charge in [0.05, 0.1) is 0 Å². The Morgan fingerprint density at radius 3 is 2.45 bits per heavy atom. The normalized spacial score (nSPS) is 11.5. The average Bonchev–Trinajstić information content (AvgIpc) is 2.72. The SMILES string of the molecule is CCNC(=O)NC(=O)[C@@H](OC(=O)c1cc(=O)c2ccccc2[nH]1)c1ccccc1. The van der Waals surface area contributed by atoms with Gasteiger partial charge in [-0.15, -0.1) is 0 Å². The minimum Gasteiger partial charge on any atom is -0.443 e. The number of nitrogens with one attached hydrogen (secondary N) is 3. The third-order valence-corrected chi connectivity index (χ3v) is 4.10. The molecule has 0 bridgehead atoms. The van der Waals surface area contributed by atoms with Crippen LogP contribution in [0.1, 0.15) is 29.1 Å². The molecule has 3 amide bonds. The monoisotopic (exact) mass is 393 g/mol. The number of benzene rings is 2.